The maximum absolute atomic E-state index is 12.1. The molecule has 0 bridgehead atoms. The van der Waals surface area contributed by atoms with E-state index in [1.807, 2.05) is 26.0 Å². The second-order valence-corrected chi connectivity index (χ2v) is 5.13. The number of amides is 1. The Hall–Kier alpha value is -2.20. The van der Waals surface area contributed by atoms with E-state index in [0.717, 1.165) is 11.3 Å². The molecule has 21 heavy (non-hydrogen) atoms. The summed E-state index contributed by atoms with van der Waals surface area (Å²) in [7, 11) is 0. The van der Waals surface area contributed by atoms with E-state index in [4.69, 9.17) is 17.3 Å². The van der Waals surface area contributed by atoms with E-state index in [1.165, 1.54) is 0 Å². The number of halogens is 1. The minimum Gasteiger partial charge on any atom is -0.399 e. The fraction of sp³-hybridized carbons (Fsp3) is 0.188. The molecule has 0 aliphatic rings. The lowest BCUT2D eigenvalue weighted by Gasteiger charge is -2.15. The molecule has 0 aromatic heterocycles. The van der Waals surface area contributed by atoms with Crippen LogP contribution in [-0.4, -0.2) is 12.5 Å². The second-order valence-electron chi connectivity index (χ2n) is 4.72. The fourth-order valence-corrected chi connectivity index (χ4v) is 2.31. The zero-order valence-electron chi connectivity index (χ0n) is 12.0. The molecule has 0 atom stereocenters. The van der Waals surface area contributed by atoms with Gasteiger partial charge in [0, 0.05) is 12.2 Å². The van der Waals surface area contributed by atoms with Gasteiger partial charge in [-0.05, 0) is 43.7 Å². The minimum atomic E-state index is -0.148. The van der Waals surface area contributed by atoms with Crippen molar-refractivity contribution < 1.29 is 4.79 Å². The number of nitrogen functional groups attached to an aromatic ring is 1. The van der Waals surface area contributed by atoms with Gasteiger partial charge in [-0.3, -0.25) is 4.79 Å². The molecular weight excluding hydrogens is 286 g/mol. The predicted octanol–water partition coefficient (Wildman–Crippen LogP) is 3.72. The number of hydrogen-bond donors (Lipinski definition) is 3. The van der Waals surface area contributed by atoms with Crippen LogP contribution in [-0.2, 0) is 0 Å². The summed E-state index contributed by atoms with van der Waals surface area (Å²) in [5.74, 6) is -0.148. The zero-order valence-corrected chi connectivity index (χ0v) is 12.8. The highest BCUT2D eigenvalue weighted by Crippen LogP contribution is 2.31. The summed E-state index contributed by atoms with van der Waals surface area (Å²) in [6.07, 6.45) is 0. The Labute approximate surface area is 129 Å². The first-order valence-electron chi connectivity index (χ1n) is 6.72. The van der Waals surface area contributed by atoms with Gasteiger partial charge in [-0.2, -0.15) is 0 Å². The van der Waals surface area contributed by atoms with Crippen LogP contribution in [0.15, 0.2) is 36.4 Å². The largest absolute Gasteiger partial charge is 0.399 e. The Morgan fingerprint density at radius 2 is 2.05 bits per heavy atom. The van der Waals surface area contributed by atoms with Crippen molar-refractivity contribution in [3.63, 3.8) is 0 Å². The Bertz CT molecular complexity index is 650. The number of carbonyl (C=O) groups is 1. The van der Waals surface area contributed by atoms with Crippen molar-refractivity contribution in [2.45, 2.75) is 13.8 Å². The Kier molecular flexibility index (Phi) is 4.70. The maximum Gasteiger partial charge on any atom is 0.253 e. The molecule has 2 aromatic rings. The molecule has 0 aliphatic heterocycles. The van der Waals surface area contributed by atoms with E-state index >= 15 is 0 Å². The predicted molar refractivity (Wildman–Crippen MR) is 88.3 cm³/mol. The van der Waals surface area contributed by atoms with E-state index in [2.05, 4.69) is 10.6 Å². The van der Waals surface area contributed by atoms with Gasteiger partial charge in [-0.1, -0.05) is 23.7 Å². The van der Waals surface area contributed by atoms with Crippen LogP contribution < -0.4 is 16.4 Å². The van der Waals surface area contributed by atoms with Crippen LogP contribution in [0.4, 0.5) is 17.1 Å². The monoisotopic (exact) mass is 303 g/mol. The number of nitrogens with two attached hydrogens (primary N) is 1. The van der Waals surface area contributed by atoms with Gasteiger partial charge in [0.25, 0.3) is 5.91 Å². The molecule has 4 nitrogen and oxygen atoms in total. The van der Waals surface area contributed by atoms with Crippen molar-refractivity contribution in [1.29, 1.82) is 0 Å². The molecule has 4 N–H and O–H groups in total. The number of rotatable bonds is 4. The molecule has 0 radical (unpaired) electrons. The van der Waals surface area contributed by atoms with E-state index < -0.39 is 0 Å². The third-order valence-corrected chi connectivity index (χ3v) is 3.42. The van der Waals surface area contributed by atoms with Gasteiger partial charge in [0.1, 0.15) is 0 Å². The number of carbonyl (C=O) groups excluding carboxylic acids is 1. The van der Waals surface area contributed by atoms with Gasteiger partial charge in [-0.15, -0.1) is 0 Å². The summed E-state index contributed by atoms with van der Waals surface area (Å²) in [6, 6.07) is 10.8. The van der Waals surface area contributed by atoms with Crippen LogP contribution in [0.3, 0.4) is 0 Å². The quantitative estimate of drug-likeness (QED) is 0.754. The number of aryl methyl sites for hydroxylation is 1. The molecule has 110 valence electrons. The summed E-state index contributed by atoms with van der Waals surface area (Å²) in [5.41, 5.74) is 9.34. The van der Waals surface area contributed by atoms with Crippen molar-refractivity contribution >= 4 is 34.6 Å². The molecule has 1 amide bonds. The maximum atomic E-state index is 12.1. The van der Waals surface area contributed by atoms with Crippen molar-refractivity contribution in [2.75, 3.05) is 17.6 Å². The van der Waals surface area contributed by atoms with E-state index in [1.54, 1.807) is 24.3 Å². The summed E-state index contributed by atoms with van der Waals surface area (Å²) in [4.78, 5) is 12.1. The highest BCUT2D eigenvalue weighted by molar-refractivity contribution is 6.33. The second kappa shape index (κ2) is 6.50. The van der Waals surface area contributed by atoms with Crippen molar-refractivity contribution in [2.24, 2.45) is 0 Å². The van der Waals surface area contributed by atoms with Gasteiger partial charge in [0.05, 0.1) is 22.0 Å². The van der Waals surface area contributed by atoms with Crippen LogP contribution in [0.25, 0.3) is 0 Å². The van der Waals surface area contributed by atoms with Crippen molar-refractivity contribution in [1.82, 2.24) is 5.32 Å². The van der Waals surface area contributed by atoms with Crippen LogP contribution in [0.1, 0.15) is 22.8 Å². The summed E-state index contributed by atoms with van der Waals surface area (Å²) in [5, 5.41) is 6.60. The van der Waals surface area contributed by atoms with Gasteiger partial charge in [0.2, 0.25) is 0 Å². The number of benzene rings is 2. The summed E-state index contributed by atoms with van der Waals surface area (Å²) >= 11 is 6.22. The van der Waals surface area contributed by atoms with Gasteiger partial charge < -0.3 is 16.4 Å². The number of nitrogens with one attached hydrogen (secondary N) is 2. The number of hydrogen-bond acceptors (Lipinski definition) is 3. The average Bonchev–Trinajstić information content (AvgIpc) is 2.43. The molecule has 0 aliphatic carbocycles. The lowest BCUT2D eigenvalue weighted by atomic mass is 10.1. The Morgan fingerprint density at radius 1 is 1.29 bits per heavy atom. The minimum absolute atomic E-state index is 0.148. The van der Waals surface area contributed by atoms with E-state index in [-0.39, 0.29) is 5.91 Å². The van der Waals surface area contributed by atoms with Crippen LogP contribution in [0.2, 0.25) is 5.02 Å². The highest BCUT2D eigenvalue weighted by Gasteiger charge is 2.13. The molecule has 0 unspecified atom stereocenters. The van der Waals surface area contributed by atoms with Crippen LogP contribution >= 0.6 is 11.6 Å². The normalized spacial score (nSPS) is 10.2. The molecule has 2 rings (SSSR count). The summed E-state index contributed by atoms with van der Waals surface area (Å²) in [6.45, 7) is 4.39. The van der Waals surface area contributed by atoms with Gasteiger partial charge >= 0.3 is 0 Å². The standard InChI is InChI=1S/C16H18ClN3O/c1-3-19-16(21)12-8-7-11(18)9-14(12)20-15-10(2)5-4-6-13(15)17/h4-9,20H,3,18H2,1-2H3,(H,19,21). The molecule has 0 spiro atoms. The first-order valence-corrected chi connectivity index (χ1v) is 7.10. The Balaban J connectivity index is 2.43. The lowest BCUT2D eigenvalue weighted by Crippen LogP contribution is -2.23. The number of anilines is 3. The first-order chi connectivity index (χ1) is 10.0. The molecule has 0 saturated heterocycles. The molecule has 0 saturated carbocycles. The van der Waals surface area contributed by atoms with Crippen molar-refractivity contribution in [3.8, 4) is 0 Å². The molecule has 0 fully saturated rings. The third-order valence-electron chi connectivity index (χ3n) is 3.11. The molecule has 0 heterocycles. The summed E-state index contributed by atoms with van der Waals surface area (Å²) < 4.78 is 0. The third kappa shape index (κ3) is 3.47. The topological polar surface area (TPSA) is 67.2 Å². The number of para-hydroxylation sites is 1. The van der Waals surface area contributed by atoms with Gasteiger partial charge in [-0.25, -0.2) is 0 Å². The molecular formula is C16H18ClN3O. The lowest BCUT2D eigenvalue weighted by molar-refractivity contribution is 0.0956. The SMILES string of the molecule is CCNC(=O)c1ccc(N)cc1Nc1c(C)cccc1Cl. The zero-order chi connectivity index (χ0) is 15.4. The van der Waals surface area contributed by atoms with Crippen LogP contribution in [0, 0.1) is 6.92 Å². The van der Waals surface area contributed by atoms with Crippen molar-refractivity contribution in [3.05, 3.63) is 52.5 Å². The van der Waals surface area contributed by atoms with Gasteiger partial charge in [0.15, 0.2) is 0 Å². The molecule has 2 aromatic carbocycles. The Morgan fingerprint density at radius 3 is 2.71 bits per heavy atom. The van der Waals surface area contributed by atoms with Crippen LogP contribution in [0.5, 0.6) is 0 Å². The first kappa shape index (κ1) is 15.2. The fourth-order valence-electron chi connectivity index (χ4n) is 2.04. The highest BCUT2D eigenvalue weighted by atomic mass is 35.5. The van der Waals surface area contributed by atoms with E-state index in [9.17, 15) is 4.79 Å². The smallest absolute Gasteiger partial charge is 0.253 e. The van der Waals surface area contributed by atoms with E-state index in [0.29, 0.717) is 28.5 Å². The molecule has 5 heteroatoms. The average molecular weight is 304 g/mol.